The number of esters is 1. The second-order valence-corrected chi connectivity index (χ2v) is 14.7. The van der Waals surface area contributed by atoms with Crippen molar-refractivity contribution in [2.75, 3.05) is 13.2 Å². The minimum Gasteiger partial charge on any atom is -0.466 e. The van der Waals surface area contributed by atoms with E-state index in [9.17, 15) is 19.8 Å². The Bertz CT molecular complexity index is 838. The zero-order valence-electron chi connectivity index (χ0n) is 33.6. The van der Waals surface area contributed by atoms with Crippen molar-refractivity contribution in [1.29, 1.82) is 0 Å². The van der Waals surface area contributed by atoms with E-state index in [1.54, 1.807) is 6.08 Å². The van der Waals surface area contributed by atoms with E-state index in [1.165, 1.54) is 128 Å². The number of nitrogens with one attached hydrogen (secondary N) is 1. The van der Waals surface area contributed by atoms with Crippen LogP contribution in [0.4, 0.5) is 0 Å². The molecular weight excluding hydrogens is 634 g/mol. The molecule has 0 aromatic carbocycles. The minimum atomic E-state index is -0.876. The highest BCUT2D eigenvalue weighted by Gasteiger charge is 2.17. The highest BCUT2D eigenvalue weighted by atomic mass is 16.5. The lowest BCUT2D eigenvalue weighted by Gasteiger charge is -2.19. The van der Waals surface area contributed by atoms with Crippen LogP contribution < -0.4 is 5.32 Å². The molecule has 0 saturated carbocycles. The van der Waals surface area contributed by atoms with Gasteiger partial charge in [-0.15, -0.1) is 0 Å². The van der Waals surface area contributed by atoms with E-state index in [2.05, 4.69) is 37.4 Å². The average Bonchev–Trinajstić information content (AvgIpc) is 3.13. The van der Waals surface area contributed by atoms with Crippen molar-refractivity contribution in [2.24, 2.45) is 0 Å². The third-order valence-electron chi connectivity index (χ3n) is 9.67. The second kappa shape index (κ2) is 40.8. The molecule has 0 aromatic rings. The molecule has 0 aliphatic carbocycles. The number of ether oxygens (including phenoxy) is 1. The van der Waals surface area contributed by atoms with Crippen molar-refractivity contribution in [1.82, 2.24) is 5.32 Å². The number of carbonyl (C=O) groups is 2. The van der Waals surface area contributed by atoms with E-state index in [0.717, 1.165) is 51.4 Å². The highest BCUT2D eigenvalue weighted by Crippen LogP contribution is 2.13. The van der Waals surface area contributed by atoms with E-state index >= 15 is 0 Å². The molecule has 0 rings (SSSR count). The summed E-state index contributed by atoms with van der Waals surface area (Å²) in [7, 11) is 0. The summed E-state index contributed by atoms with van der Waals surface area (Å²) in [6.07, 6.45) is 47.1. The van der Waals surface area contributed by atoms with Gasteiger partial charge < -0.3 is 20.3 Å². The predicted molar refractivity (Wildman–Crippen MR) is 218 cm³/mol. The third kappa shape index (κ3) is 37.6. The van der Waals surface area contributed by atoms with Gasteiger partial charge in [0, 0.05) is 12.8 Å². The Labute approximate surface area is 315 Å². The van der Waals surface area contributed by atoms with Crippen LogP contribution in [0.5, 0.6) is 0 Å². The summed E-state index contributed by atoms with van der Waals surface area (Å²) in [4.78, 5) is 24.2. The first-order valence-electron chi connectivity index (χ1n) is 21.8. The van der Waals surface area contributed by atoms with E-state index < -0.39 is 12.1 Å². The number of aliphatic hydroxyl groups is 2. The highest BCUT2D eigenvalue weighted by molar-refractivity contribution is 5.76. The molecule has 0 heterocycles. The molecule has 6 nitrogen and oxygen atoms in total. The Hall–Kier alpha value is -1.92. The van der Waals surface area contributed by atoms with Crippen molar-refractivity contribution < 1.29 is 24.5 Å². The van der Waals surface area contributed by atoms with Gasteiger partial charge in [-0.3, -0.25) is 9.59 Å². The summed E-state index contributed by atoms with van der Waals surface area (Å²) in [5.74, 6) is -0.173. The van der Waals surface area contributed by atoms with Crippen molar-refractivity contribution in [3.05, 3.63) is 36.5 Å². The van der Waals surface area contributed by atoms with Crippen LogP contribution in [0.25, 0.3) is 0 Å². The molecule has 0 aliphatic heterocycles. The molecule has 3 N–H and O–H groups in total. The maximum absolute atomic E-state index is 12.3. The van der Waals surface area contributed by atoms with Gasteiger partial charge in [-0.2, -0.15) is 0 Å². The normalized spacial score (nSPS) is 13.1. The molecule has 0 spiro atoms. The Morgan fingerprint density at radius 2 is 1.00 bits per heavy atom. The minimum absolute atomic E-state index is 0.0203. The van der Waals surface area contributed by atoms with Gasteiger partial charge in [0.25, 0.3) is 0 Å². The molecule has 0 aromatic heterocycles. The summed E-state index contributed by atoms with van der Waals surface area (Å²) in [5, 5.41) is 22.8. The van der Waals surface area contributed by atoms with Crippen molar-refractivity contribution in [3.8, 4) is 0 Å². The van der Waals surface area contributed by atoms with E-state index in [0.29, 0.717) is 25.9 Å². The predicted octanol–water partition coefficient (Wildman–Crippen LogP) is 12.2. The SMILES string of the molecule is CCCCCCCCCC/C=C/C(O)C(CO)NC(=O)CC/C=C\C/C=C\CCCCCCCCOC(=O)CCCCCCCCCCCCC. The number of rotatable bonds is 39. The Kier molecular flexibility index (Phi) is 39.3. The smallest absolute Gasteiger partial charge is 0.305 e. The monoisotopic (exact) mass is 718 g/mol. The molecule has 1 amide bonds. The van der Waals surface area contributed by atoms with Crippen LogP contribution in [0.3, 0.4) is 0 Å². The van der Waals surface area contributed by atoms with Crippen LogP contribution >= 0.6 is 0 Å². The van der Waals surface area contributed by atoms with Gasteiger partial charge in [-0.25, -0.2) is 0 Å². The quantitative estimate of drug-likeness (QED) is 0.0334. The molecule has 51 heavy (non-hydrogen) atoms. The first kappa shape index (κ1) is 49.1. The van der Waals surface area contributed by atoms with Gasteiger partial charge in [0.1, 0.15) is 0 Å². The standard InChI is InChI=1S/C45H83NO5/c1-3-5-7-9-11-13-18-23-27-31-35-39-45(50)51-40-36-32-28-24-20-17-15-16-19-22-26-30-34-38-44(49)46-42(41-47)43(48)37-33-29-25-21-14-12-10-8-6-4-2/h16,19,26,30,33,37,42-43,47-48H,3-15,17-18,20-25,27-29,31-32,34-36,38-41H2,1-2H3,(H,46,49)/b19-16-,30-26-,37-33+. The summed E-state index contributed by atoms with van der Waals surface area (Å²) >= 11 is 0. The molecule has 2 unspecified atom stereocenters. The van der Waals surface area contributed by atoms with Crippen LogP contribution in [-0.4, -0.2) is 47.4 Å². The lowest BCUT2D eigenvalue weighted by atomic mass is 10.1. The number of carbonyl (C=O) groups excluding carboxylic acids is 2. The molecule has 0 fully saturated rings. The molecular formula is C45H83NO5. The summed E-state index contributed by atoms with van der Waals surface area (Å²) < 4.78 is 5.42. The van der Waals surface area contributed by atoms with E-state index in [-0.39, 0.29) is 18.5 Å². The van der Waals surface area contributed by atoms with Gasteiger partial charge in [0.15, 0.2) is 0 Å². The van der Waals surface area contributed by atoms with E-state index in [1.807, 2.05) is 12.2 Å². The number of amides is 1. The van der Waals surface area contributed by atoms with Crippen molar-refractivity contribution in [3.63, 3.8) is 0 Å². The Morgan fingerprint density at radius 3 is 1.53 bits per heavy atom. The number of aliphatic hydroxyl groups excluding tert-OH is 2. The summed E-state index contributed by atoms with van der Waals surface area (Å²) in [5.41, 5.74) is 0. The first-order valence-corrected chi connectivity index (χ1v) is 21.8. The van der Waals surface area contributed by atoms with Crippen molar-refractivity contribution >= 4 is 11.9 Å². The van der Waals surface area contributed by atoms with Crippen LogP contribution in [0.2, 0.25) is 0 Å². The van der Waals surface area contributed by atoms with Gasteiger partial charge >= 0.3 is 5.97 Å². The maximum atomic E-state index is 12.3. The van der Waals surface area contributed by atoms with Gasteiger partial charge in [-0.05, 0) is 51.4 Å². The Balaban J connectivity index is 3.60. The lowest BCUT2D eigenvalue weighted by Crippen LogP contribution is -2.45. The van der Waals surface area contributed by atoms with Crippen LogP contribution in [-0.2, 0) is 14.3 Å². The number of hydrogen-bond donors (Lipinski definition) is 3. The van der Waals surface area contributed by atoms with Crippen molar-refractivity contribution in [2.45, 2.75) is 225 Å². The van der Waals surface area contributed by atoms with E-state index in [4.69, 9.17) is 4.74 Å². The second-order valence-electron chi connectivity index (χ2n) is 14.7. The van der Waals surface area contributed by atoms with Gasteiger partial charge in [0.2, 0.25) is 5.91 Å². The van der Waals surface area contributed by atoms with Gasteiger partial charge in [0.05, 0.1) is 25.4 Å². The molecule has 2 atom stereocenters. The summed E-state index contributed by atoms with van der Waals surface area (Å²) in [6.45, 7) is 4.79. The lowest BCUT2D eigenvalue weighted by molar-refractivity contribution is -0.143. The molecule has 0 aliphatic rings. The molecule has 0 saturated heterocycles. The first-order chi connectivity index (χ1) is 25.0. The zero-order chi connectivity index (χ0) is 37.3. The Morgan fingerprint density at radius 1 is 0.549 bits per heavy atom. The zero-order valence-corrected chi connectivity index (χ0v) is 33.6. The number of allylic oxidation sites excluding steroid dienone is 5. The topological polar surface area (TPSA) is 95.9 Å². The fraction of sp³-hybridized carbons (Fsp3) is 0.822. The fourth-order valence-corrected chi connectivity index (χ4v) is 6.27. The van der Waals surface area contributed by atoms with Crippen LogP contribution in [0.15, 0.2) is 36.5 Å². The van der Waals surface area contributed by atoms with Crippen LogP contribution in [0.1, 0.15) is 213 Å². The molecule has 0 radical (unpaired) electrons. The van der Waals surface area contributed by atoms with Gasteiger partial charge in [-0.1, -0.05) is 185 Å². The number of hydrogen-bond acceptors (Lipinski definition) is 5. The molecule has 6 heteroatoms. The summed E-state index contributed by atoms with van der Waals surface area (Å²) in [6, 6.07) is -0.669. The number of unbranched alkanes of at least 4 members (excludes halogenated alkanes) is 24. The largest absolute Gasteiger partial charge is 0.466 e. The van der Waals surface area contributed by atoms with Crippen LogP contribution in [0, 0.1) is 0 Å². The third-order valence-corrected chi connectivity index (χ3v) is 9.67. The molecule has 298 valence electrons. The maximum Gasteiger partial charge on any atom is 0.305 e. The fourth-order valence-electron chi connectivity index (χ4n) is 6.27. The molecule has 0 bridgehead atoms. The average molecular weight is 718 g/mol.